The number of halogens is 1. The third-order valence-electron chi connectivity index (χ3n) is 8.66. The molecule has 0 aromatic heterocycles. The van der Waals surface area contributed by atoms with E-state index < -0.39 is 58.0 Å². The third-order valence-corrected chi connectivity index (χ3v) is 10.3. The van der Waals surface area contributed by atoms with Gasteiger partial charge in [0.05, 0.1) is 22.3 Å². The van der Waals surface area contributed by atoms with E-state index in [1.807, 2.05) is 0 Å². The molecule has 1 aliphatic heterocycles. The Morgan fingerprint density at radius 3 is 2.41 bits per heavy atom. The molecule has 4 fully saturated rings. The Hall–Kier alpha value is -2.51. The van der Waals surface area contributed by atoms with Gasteiger partial charge in [0.15, 0.2) is 0 Å². The fraction of sp³-hybridized carbons (Fsp3) is 0.464. The van der Waals surface area contributed by atoms with Gasteiger partial charge >= 0.3 is 17.9 Å². The van der Waals surface area contributed by atoms with Crippen LogP contribution in [0, 0.1) is 27.2 Å². The van der Waals surface area contributed by atoms with E-state index in [9.17, 15) is 27.4 Å². The molecule has 9 nitrogen and oxygen atoms in total. The van der Waals surface area contributed by atoms with Gasteiger partial charge in [0.2, 0.25) is 0 Å². The van der Waals surface area contributed by atoms with Crippen molar-refractivity contribution in [3.05, 3.63) is 57.2 Å². The van der Waals surface area contributed by atoms with Gasteiger partial charge in [-0.25, -0.2) is 13.2 Å². The topological polar surface area (TPSA) is 136 Å². The molecular formula is C28H26IO9S-. The summed E-state index contributed by atoms with van der Waals surface area (Å²) in [6.45, 7) is 0. The lowest BCUT2D eigenvalue weighted by molar-refractivity contribution is -0.149. The zero-order valence-electron chi connectivity index (χ0n) is 20.8. The summed E-state index contributed by atoms with van der Waals surface area (Å²) in [4.78, 5) is 38.8. The molecule has 2 bridgehead atoms. The Labute approximate surface area is 239 Å². The van der Waals surface area contributed by atoms with Gasteiger partial charge in [0, 0.05) is 15.4 Å². The fourth-order valence-corrected chi connectivity index (χ4v) is 8.09. The normalized spacial score (nSPS) is 29.7. The molecule has 0 radical (unpaired) electrons. The van der Waals surface area contributed by atoms with Crippen LogP contribution in [-0.2, 0) is 29.2 Å². The largest absolute Gasteiger partial charge is 0.744 e. The predicted molar refractivity (Wildman–Crippen MR) is 143 cm³/mol. The van der Waals surface area contributed by atoms with Crippen LogP contribution in [0.25, 0.3) is 0 Å². The monoisotopic (exact) mass is 665 g/mol. The maximum absolute atomic E-state index is 13.5. The van der Waals surface area contributed by atoms with Crippen LogP contribution >= 0.6 is 22.6 Å². The molecule has 6 atom stereocenters. The van der Waals surface area contributed by atoms with Crippen molar-refractivity contribution < 1.29 is 41.6 Å². The second-order valence-corrected chi connectivity index (χ2v) is 13.4. The summed E-state index contributed by atoms with van der Waals surface area (Å²) in [5.41, 5.74) is 0.731. The molecule has 2 aromatic rings. The number of carbonyl (C=O) groups is 3. The van der Waals surface area contributed by atoms with Gasteiger partial charge in [-0.15, -0.1) is 0 Å². The van der Waals surface area contributed by atoms with E-state index in [-0.39, 0.29) is 22.5 Å². The number of esters is 3. The van der Waals surface area contributed by atoms with Crippen LogP contribution < -0.4 is 4.74 Å². The smallest absolute Gasteiger partial charge is 0.338 e. The Bertz CT molecular complexity index is 1430. The Morgan fingerprint density at radius 1 is 1.00 bits per heavy atom. The van der Waals surface area contributed by atoms with Crippen molar-refractivity contribution in [2.75, 3.05) is 0 Å². The first-order valence-corrected chi connectivity index (χ1v) is 15.6. The molecule has 0 amide bonds. The average Bonchev–Trinajstić information content (AvgIpc) is 3.53. The van der Waals surface area contributed by atoms with Gasteiger partial charge in [-0.2, -0.15) is 0 Å². The summed E-state index contributed by atoms with van der Waals surface area (Å²) in [7, 11) is -4.71. The second kappa shape index (κ2) is 10.2. The fourth-order valence-electron chi connectivity index (χ4n) is 6.98. The number of carbonyl (C=O) groups excluding carboxylic acids is 3. The Morgan fingerprint density at radius 2 is 1.72 bits per heavy atom. The molecule has 39 heavy (non-hydrogen) atoms. The Kier molecular flexibility index (Phi) is 6.95. The zero-order valence-corrected chi connectivity index (χ0v) is 23.8. The van der Waals surface area contributed by atoms with Crippen molar-refractivity contribution in [3.8, 4) is 5.75 Å². The summed E-state index contributed by atoms with van der Waals surface area (Å²) >= 11 is 2.13. The number of fused-ring (bicyclic) bond motifs is 1. The minimum Gasteiger partial charge on any atom is -0.744 e. The van der Waals surface area contributed by atoms with Gasteiger partial charge in [-0.05, 0) is 95.8 Å². The van der Waals surface area contributed by atoms with Crippen LogP contribution in [0.3, 0.4) is 0 Å². The van der Waals surface area contributed by atoms with Crippen LogP contribution in [0.1, 0.15) is 60.4 Å². The highest BCUT2D eigenvalue weighted by Crippen LogP contribution is 2.59. The molecule has 1 saturated heterocycles. The van der Waals surface area contributed by atoms with Crippen LogP contribution in [-0.4, -0.2) is 43.1 Å². The van der Waals surface area contributed by atoms with Crippen molar-refractivity contribution in [2.24, 2.45) is 23.7 Å². The van der Waals surface area contributed by atoms with E-state index in [1.165, 1.54) is 18.2 Å². The lowest BCUT2D eigenvalue weighted by Crippen LogP contribution is -2.44. The quantitative estimate of drug-likeness (QED) is 0.193. The maximum Gasteiger partial charge on any atom is 0.338 e. The summed E-state index contributed by atoms with van der Waals surface area (Å²) in [5, 5.41) is 0. The molecule has 206 valence electrons. The Balaban J connectivity index is 1.24. The number of hydrogen-bond donors (Lipinski definition) is 0. The van der Waals surface area contributed by atoms with Crippen LogP contribution in [0.15, 0.2) is 47.4 Å². The molecule has 3 saturated carbocycles. The molecule has 0 N–H and O–H groups in total. The van der Waals surface area contributed by atoms with Gasteiger partial charge in [0.1, 0.15) is 28.1 Å². The molecule has 0 spiro atoms. The van der Waals surface area contributed by atoms with E-state index in [4.69, 9.17) is 14.2 Å². The van der Waals surface area contributed by atoms with Crippen molar-refractivity contribution in [1.29, 1.82) is 0 Å². The summed E-state index contributed by atoms with van der Waals surface area (Å²) < 4.78 is 53.9. The number of hydrogen-bond acceptors (Lipinski definition) is 9. The molecular weight excluding hydrogens is 639 g/mol. The minimum absolute atomic E-state index is 0.116. The third kappa shape index (κ3) is 4.86. The van der Waals surface area contributed by atoms with Gasteiger partial charge < -0.3 is 18.8 Å². The molecule has 4 aliphatic rings. The number of ether oxygens (including phenoxy) is 3. The maximum atomic E-state index is 13.5. The number of benzene rings is 2. The first kappa shape index (κ1) is 26.7. The van der Waals surface area contributed by atoms with Crippen molar-refractivity contribution in [1.82, 2.24) is 0 Å². The summed E-state index contributed by atoms with van der Waals surface area (Å²) in [5.74, 6) is -3.96. The first-order chi connectivity index (χ1) is 18.6. The summed E-state index contributed by atoms with van der Waals surface area (Å²) in [6.07, 6.45) is 3.51. The van der Waals surface area contributed by atoms with Gasteiger partial charge in [-0.1, -0.05) is 19.3 Å². The van der Waals surface area contributed by atoms with E-state index in [0.717, 1.165) is 35.7 Å². The lowest BCUT2D eigenvalue weighted by Gasteiger charge is -2.30. The lowest BCUT2D eigenvalue weighted by atomic mass is 9.78. The summed E-state index contributed by atoms with van der Waals surface area (Å²) in [6, 6.07) is 10.8. The SMILES string of the molecule is O=C(OC1C2CC3C1OC(=O)C3C2C(=O)Oc1ccc(S(=O)(=O)[O-])c(C2CCCCC2)c1)c1ccc(I)cc1. The first-order valence-electron chi connectivity index (χ1n) is 13.1. The van der Waals surface area contributed by atoms with Crippen molar-refractivity contribution >= 4 is 50.6 Å². The van der Waals surface area contributed by atoms with Gasteiger partial charge in [0.25, 0.3) is 0 Å². The van der Waals surface area contributed by atoms with E-state index in [2.05, 4.69) is 22.6 Å². The molecule has 11 heteroatoms. The van der Waals surface area contributed by atoms with Crippen LogP contribution in [0.2, 0.25) is 0 Å². The zero-order chi connectivity index (χ0) is 27.5. The average molecular weight is 665 g/mol. The van der Waals surface area contributed by atoms with E-state index in [1.54, 1.807) is 24.3 Å². The van der Waals surface area contributed by atoms with Crippen molar-refractivity contribution in [3.63, 3.8) is 0 Å². The highest BCUT2D eigenvalue weighted by atomic mass is 127. The van der Waals surface area contributed by atoms with E-state index >= 15 is 0 Å². The molecule has 6 rings (SSSR count). The minimum atomic E-state index is -4.71. The molecule has 2 aromatic carbocycles. The van der Waals surface area contributed by atoms with Crippen LogP contribution in [0.4, 0.5) is 0 Å². The molecule has 3 aliphatic carbocycles. The second-order valence-electron chi connectivity index (χ2n) is 10.8. The predicted octanol–water partition coefficient (Wildman–Crippen LogP) is 4.18. The van der Waals surface area contributed by atoms with E-state index in [0.29, 0.717) is 17.5 Å². The molecule has 6 unspecified atom stereocenters. The number of rotatable bonds is 6. The highest BCUT2D eigenvalue weighted by Gasteiger charge is 2.70. The standard InChI is InChI=1S/C28H27IO9S/c29-16-8-6-15(7-9-16)26(30)37-24-19-13-20-23(28(32)38-25(20)24)22(19)27(31)36-17-10-11-21(39(33,34)35)18(12-17)14-4-2-1-3-5-14/h6-12,14,19-20,22-25H,1-5,13H2,(H,33,34,35)/p-1. The van der Waals surface area contributed by atoms with Crippen LogP contribution in [0.5, 0.6) is 5.75 Å². The van der Waals surface area contributed by atoms with Gasteiger partial charge in [-0.3, -0.25) is 9.59 Å². The highest BCUT2D eigenvalue weighted by molar-refractivity contribution is 14.1. The van der Waals surface area contributed by atoms with Crippen molar-refractivity contribution in [2.45, 2.75) is 61.5 Å². The molecule has 1 heterocycles.